The van der Waals surface area contributed by atoms with Crippen molar-refractivity contribution in [1.82, 2.24) is 5.32 Å². The Balaban J connectivity index is 2.14. The number of hydrogen-bond donors (Lipinski definition) is 2. The molecule has 2 atom stereocenters. The summed E-state index contributed by atoms with van der Waals surface area (Å²) >= 11 is 3.44. The van der Waals surface area contributed by atoms with Crippen LogP contribution < -0.4 is 10.2 Å². The molecule has 4 heteroatoms. The Bertz CT molecular complexity index is 341. The van der Waals surface area contributed by atoms with E-state index in [1.54, 1.807) is 0 Å². The van der Waals surface area contributed by atoms with Crippen LogP contribution in [0.15, 0.2) is 28.7 Å². The molecule has 0 radical (unpaired) electrons. The van der Waals surface area contributed by atoms with E-state index < -0.39 is 0 Å². The monoisotopic (exact) mass is 284 g/mol. The molecule has 1 saturated heterocycles. The summed E-state index contributed by atoms with van der Waals surface area (Å²) in [6.45, 7) is 4.17. The van der Waals surface area contributed by atoms with Crippen molar-refractivity contribution in [2.75, 3.05) is 24.6 Å². The molecule has 1 heterocycles. The largest absolute Gasteiger partial charge is 0.395 e. The van der Waals surface area contributed by atoms with Crippen LogP contribution in [0.5, 0.6) is 0 Å². The zero-order chi connectivity index (χ0) is 11.5. The fraction of sp³-hybridized carbons (Fsp3) is 0.500. The van der Waals surface area contributed by atoms with E-state index in [1.807, 2.05) is 0 Å². The molecule has 1 aromatic rings. The van der Waals surface area contributed by atoms with Crippen LogP contribution in [0.3, 0.4) is 0 Å². The van der Waals surface area contributed by atoms with Crippen molar-refractivity contribution in [2.24, 2.45) is 0 Å². The highest BCUT2D eigenvalue weighted by Gasteiger charge is 2.24. The van der Waals surface area contributed by atoms with E-state index in [9.17, 15) is 5.11 Å². The summed E-state index contributed by atoms with van der Waals surface area (Å²) in [6, 6.07) is 8.97. The van der Waals surface area contributed by atoms with Crippen molar-refractivity contribution in [3.63, 3.8) is 0 Å². The van der Waals surface area contributed by atoms with Gasteiger partial charge in [0.2, 0.25) is 0 Å². The van der Waals surface area contributed by atoms with Crippen LogP contribution in [0.2, 0.25) is 0 Å². The van der Waals surface area contributed by atoms with Crippen molar-refractivity contribution in [3.8, 4) is 0 Å². The Labute approximate surface area is 105 Å². The van der Waals surface area contributed by atoms with Gasteiger partial charge in [-0.1, -0.05) is 15.9 Å². The molecule has 2 N–H and O–H groups in total. The van der Waals surface area contributed by atoms with Crippen LogP contribution in [-0.4, -0.2) is 36.9 Å². The zero-order valence-corrected chi connectivity index (χ0v) is 10.9. The second kappa shape index (κ2) is 5.17. The molecular formula is C12H17BrN2O. The highest BCUT2D eigenvalue weighted by atomic mass is 79.9. The quantitative estimate of drug-likeness (QED) is 0.866. The first-order chi connectivity index (χ1) is 7.70. The number of anilines is 1. The van der Waals surface area contributed by atoms with E-state index in [1.165, 1.54) is 5.69 Å². The Hall–Kier alpha value is -0.580. The summed E-state index contributed by atoms with van der Waals surface area (Å²) < 4.78 is 1.10. The number of halogens is 1. The van der Waals surface area contributed by atoms with Gasteiger partial charge < -0.3 is 15.3 Å². The predicted molar refractivity (Wildman–Crippen MR) is 69.8 cm³/mol. The smallest absolute Gasteiger partial charge is 0.0601 e. The first kappa shape index (κ1) is 11.9. The molecule has 16 heavy (non-hydrogen) atoms. The molecule has 3 nitrogen and oxygen atoms in total. The minimum absolute atomic E-state index is 0.180. The van der Waals surface area contributed by atoms with E-state index in [-0.39, 0.29) is 12.6 Å². The highest BCUT2D eigenvalue weighted by molar-refractivity contribution is 9.10. The van der Waals surface area contributed by atoms with Crippen molar-refractivity contribution >= 4 is 21.6 Å². The van der Waals surface area contributed by atoms with Gasteiger partial charge in [-0.15, -0.1) is 0 Å². The molecule has 0 spiro atoms. The van der Waals surface area contributed by atoms with Gasteiger partial charge in [-0.05, 0) is 31.2 Å². The van der Waals surface area contributed by atoms with Crippen LogP contribution in [0.4, 0.5) is 5.69 Å². The predicted octanol–water partition coefficient (Wildman–Crippen LogP) is 1.61. The molecule has 1 aliphatic heterocycles. The molecule has 2 rings (SSSR count). The molecule has 0 aromatic heterocycles. The van der Waals surface area contributed by atoms with Gasteiger partial charge in [0, 0.05) is 35.3 Å². The first-order valence-electron chi connectivity index (χ1n) is 5.57. The van der Waals surface area contributed by atoms with Crippen molar-refractivity contribution in [1.29, 1.82) is 0 Å². The lowest BCUT2D eigenvalue weighted by Gasteiger charge is -2.39. The van der Waals surface area contributed by atoms with Gasteiger partial charge in [0.1, 0.15) is 0 Å². The van der Waals surface area contributed by atoms with E-state index in [0.29, 0.717) is 6.04 Å². The van der Waals surface area contributed by atoms with Gasteiger partial charge in [0.15, 0.2) is 0 Å². The van der Waals surface area contributed by atoms with Gasteiger partial charge in [0.25, 0.3) is 0 Å². The number of nitrogens with one attached hydrogen (secondary N) is 1. The summed E-state index contributed by atoms with van der Waals surface area (Å²) in [7, 11) is 0. The lowest BCUT2D eigenvalue weighted by Crippen LogP contribution is -2.56. The van der Waals surface area contributed by atoms with Gasteiger partial charge in [0.05, 0.1) is 6.61 Å². The minimum Gasteiger partial charge on any atom is -0.395 e. The van der Waals surface area contributed by atoms with Gasteiger partial charge in [-0.3, -0.25) is 0 Å². The molecule has 0 amide bonds. The Morgan fingerprint density at radius 3 is 2.75 bits per heavy atom. The molecule has 88 valence electrons. The van der Waals surface area contributed by atoms with E-state index in [2.05, 4.69) is 57.3 Å². The molecule has 1 aromatic carbocycles. The van der Waals surface area contributed by atoms with Gasteiger partial charge in [-0.2, -0.15) is 0 Å². The molecule has 1 fully saturated rings. The molecule has 0 aliphatic carbocycles. The zero-order valence-electron chi connectivity index (χ0n) is 9.36. The highest BCUT2D eigenvalue weighted by Crippen LogP contribution is 2.22. The number of piperazine rings is 1. The Kier molecular flexibility index (Phi) is 3.84. The van der Waals surface area contributed by atoms with Crippen LogP contribution >= 0.6 is 15.9 Å². The standard InChI is InChI=1S/C12H17BrN2O/c1-9-6-14-11(8-16)7-15(9)12-4-2-10(13)3-5-12/h2-5,9,11,14,16H,6-8H2,1H3. The fourth-order valence-electron chi connectivity index (χ4n) is 2.04. The number of hydrogen-bond acceptors (Lipinski definition) is 3. The number of aliphatic hydroxyl groups excluding tert-OH is 1. The average molecular weight is 285 g/mol. The van der Waals surface area contributed by atoms with Crippen LogP contribution in [0.25, 0.3) is 0 Å². The lowest BCUT2D eigenvalue weighted by molar-refractivity contribution is 0.227. The van der Waals surface area contributed by atoms with Crippen molar-refractivity contribution in [2.45, 2.75) is 19.0 Å². The number of nitrogens with zero attached hydrogens (tertiary/aromatic N) is 1. The summed E-state index contributed by atoms with van der Waals surface area (Å²) in [5.41, 5.74) is 1.22. The third-order valence-corrected chi connectivity index (χ3v) is 3.56. The van der Waals surface area contributed by atoms with E-state index >= 15 is 0 Å². The molecule has 0 saturated carbocycles. The topological polar surface area (TPSA) is 35.5 Å². The molecule has 0 bridgehead atoms. The summed E-state index contributed by atoms with van der Waals surface area (Å²) in [6.07, 6.45) is 0. The number of aliphatic hydroxyl groups is 1. The normalized spacial score (nSPS) is 25.8. The third kappa shape index (κ3) is 2.56. The summed E-state index contributed by atoms with van der Waals surface area (Å²) in [5, 5.41) is 12.5. The van der Waals surface area contributed by atoms with Gasteiger partial charge >= 0.3 is 0 Å². The van der Waals surface area contributed by atoms with Gasteiger partial charge in [-0.25, -0.2) is 0 Å². The van der Waals surface area contributed by atoms with Crippen molar-refractivity contribution < 1.29 is 5.11 Å². The van der Waals surface area contributed by atoms with Crippen LogP contribution in [0.1, 0.15) is 6.92 Å². The Morgan fingerprint density at radius 2 is 2.12 bits per heavy atom. The SMILES string of the molecule is CC1CNC(CO)CN1c1ccc(Br)cc1. The van der Waals surface area contributed by atoms with Crippen molar-refractivity contribution in [3.05, 3.63) is 28.7 Å². The maximum absolute atomic E-state index is 9.19. The minimum atomic E-state index is 0.180. The maximum atomic E-state index is 9.19. The van der Waals surface area contributed by atoms with E-state index in [0.717, 1.165) is 17.6 Å². The second-order valence-corrected chi connectivity index (χ2v) is 5.18. The number of benzene rings is 1. The molecule has 2 unspecified atom stereocenters. The fourth-order valence-corrected chi connectivity index (χ4v) is 2.31. The summed E-state index contributed by atoms with van der Waals surface area (Å²) in [5.74, 6) is 0. The molecular weight excluding hydrogens is 268 g/mol. The van der Waals surface area contributed by atoms with Crippen LogP contribution in [-0.2, 0) is 0 Å². The first-order valence-corrected chi connectivity index (χ1v) is 6.36. The third-order valence-electron chi connectivity index (χ3n) is 3.03. The molecule has 1 aliphatic rings. The lowest BCUT2D eigenvalue weighted by atomic mass is 10.1. The maximum Gasteiger partial charge on any atom is 0.0601 e. The number of rotatable bonds is 2. The summed E-state index contributed by atoms with van der Waals surface area (Å²) in [4.78, 5) is 2.34. The van der Waals surface area contributed by atoms with E-state index in [4.69, 9.17) is 0 Å². The second-order valence-electron chi connectivity index (χ2n) is 4.27. The Morgan fingerprint density at radius 1 is 1.44 bits per heavy atom. The average Bonchev–Trinajstić information content (AvgIpc) is 2.31. The van der Waals surface area contributed by atoms with Crippen LogP contribution in [0, 0.1) is 0 Å².